The third-order valence-electron chi connectivity index (χ3n) is 4.59. The van der Waals surface area contributed by atoms with Crippen LogP contribution < -0.4 is 4.74 Å². The first kappa shape index (κ1) is 19.3. The van der Waals surface area contributed by atoms with E-state index in [2.05, 4.69) is 56.9 Å². The lowest BCUT2D eigenvalue weighted by molar-refractivity contribution is -0.0708. The number of rotatable bonds is 9. The van der Waals surface area contributed by atoms with Crippen LogP contribution in [0.3, 0.4) is 0 Å². The Balaban J connectivity index is 1.74. The smallest absolute Gasteiger partial charge is 0.119 e. The summed E-state index contributed by atoms with van der Waals surface area (Å²) in [6.45, 7) is 13.0. The Kier molecular flexibility index (Phi) is 8.07. The molecule has 3 nitrogen and oxygen atoms in total. The van der Waals surface area contributed by atoms with Crippen LogP contribution in [0.15, 0.2) is 24.3 Å². The van der Waals surface area contributed by atoms with Gasteiger partial charge in [-0.25, -0.2) is 0 Å². The van der Waals surface area contributed by atoms with Gasteiger partial charge in [0.2, 0.25) is 0 Å². The first-order chi connectivity index (χ1) is 11.6. The lowest BCUT2D eigenvalue weighted by Crippen LogP contribution is -2.47. The van der Waals surface area contributed by atoms with Gasteiger partial charge in [0.05, 0.1) is 18.8 Å². The van der Waals surface area contributed by atoms with Crippen molar-refractivity contribution >= 4 is 0 Å². The molecule has 136 valence electrons. The minimum Gasteiger partial charge on any atom is -0.494 e. The fourth-order valence-electron chi connectivity index (χ4n) is 3.60. The Morgan fingerprint density at radius 3 is 2.42 bits per heavy atom. The van der Waals surface area contributed by atoms with E-state index >= 15 is 0 Å². The third kappa shape index (κ3) is 6.82. The molecule has 1 fully saturated rings. The quantitative estimate of drug-likeness (QED) is 0.619. The molecule has 0 N–H and O–H groups in total. The topological polar surface area (TPSA) is 21.7 Å². The van der Waals surface area contributed by atoms with Crippen LogP contribution in [0.2, 0.25) is 0 Å². The second-order valence-corrected chi connectivity index (χ2v) is 7.48. The van der Waals surface area contributed by atoms with Gasteiger partial charge in [-0.1, -0.05) is 38.8 Å². The van der Waals surface area contributed by atoms with Gasteiger partial charge < -0.3 is 9.47 Å². The van der Waals surface area contributed by atoms with Gasteiger partial charge in [-0.3, -0.25) is 4.90 Å². The van der Waals surface area contributed by atoms with Crippen molar-refractivity contribution in [1.82, 2.24) is 4.90 Å². The van der Waals surface area contributed by atoms with E-state index in [4.69, 9.17) is 9.47 Å². The van der Waals surface area contributed by atoms with Crippen molar-refractivity contribution in [2.24, 2.45) is 5.92 Å². The molecule has 0 radical (unpaired) electrons. The van der Waals surface area contributed by atoms with Crippen LogP contribution in [-0.4, -0.2) is 43.3 Å². The van der Waals surface area contributed by atoms with Crippen LogP contribution in [0.4, 0.5) is 0 Å². The van der Waals surface area contributed by atoms with Crippen molar-refractivity contribution in [2.75, 3.05) is 26.2 Å². The molecule has 3 heteroatoms. The van der Waals surface area contributed by atoms with E-state index in [1.165, 1.54) is 18.4 Å². The first-order valence-corrected chi connectivity index (χ1v) is 9.66. The van der Waals surface area contributed by atoms with E-state index in [0.717, 1.165) is 44.8 Å². The number of ether oxygens (including phenoxy) is 2. The van der Waals surface area contributed by atoms with Crippen LogP contribution in [-0.2, 0) is 11.2 Å². The minimum atomic E-state index is 0.352. The van der Waals surface area contributed by atoms with Gasteiger partial charge in [0.1, 0.15) is 5.75 Å². The van der Waals surface area contributed by atoms with E-state index in [1.807, 2.05) is 0 Å². The normalized spacial score (nSPS) is 23.2. The molecule has 1 aromatic rings. The molecule has 0 amide bonds. The molecule has 0 aromatic heterocycles. The van der Waals surface area contributed by atoms with Crippen LogP contribution in [0.25, 0.3) is 0 Å². The van der Waals surface area contributed by atoms with Gasteiger partial charge in [-0.05, 0) is 50.3 Å². The van der Waals surface area contributed by atoms with Crippen molar-refractivity contribution in [3.05, 3.63) is 29.8 Å². The van der Waals surface area contributed by atoms with Crippen LogP contribution in [0.1, 0.15) is 52.5 Å². The molecule has 3 unspecified atom stereocenters. The summed E-state index contributed by atoms with van der Waals surface area (Å²) in [6, 6.07) is 8.67. The summed E-state index contributed by atoms with van der Waals surface area (Å²) in [5, 5.41) is 0. The molecule has 0 bridgehead atoms. The number of nitrogens with zero attached hydrogens (tertiary/aromatic N) is 1. The number of hydrogen-bond acceptors (Lipinski definition) is 3. The second-order valence-electron chi connectivity index (χ2n) is 7.48. The minimum absolute atomic E-state index is 0.352. The van der Waals surface area contributed by atoms with Crippen molar-refractivity contribution < 1.29 is 9.47 Å². The molecule has 0 saturated carbocycles. The summed E-state index contributed by atoms with van der Waals surface area (Å²) in [7, 11) is 0. The van der Waals surface area contributed by atoms with Gasteiger partial charge in [0.15, 0.2) is 0 Å². The van der Waals surface area contributed by atoms with Gasteiger partial charge in [-0.15, -0.1) is 0 Å². The van der Waals surface area contributed by atoms with Gasteiger partial charge in [-0.2, -0.15) is 0 Å². The summed E-state index contributed by atoms with van der Waals surface area (Å²) >= 11 is 0. The Hall–Kier alpha value is -1.06. The molecule has 0 aliphatic carbocycles. The van der Waals surface area contributed by atoms with Crippen LogP contribution in [0, 0.1) is 5.92 Å². The Labute approximate surface area is 148 Å². The van der Waals surface area contributed by atoms with E-state index in [1.54, 1.807) is 0 Å². The third-order valence-corrected chi connectivity index (χ3v) is 4.59. The molecule has 0 spiro atoms. The zero-order valence-electron chi connectivity index (χ0n) is 16.0. The molecule has 1 saturated heterocycles. The molecule has 1 aromatic carbocycles. The maximum atomic E-state index is 5.82. The summed E-state index contributed by atoms with van der Waals surface area (Å²) < 4.78 is 11.6. The fourth-order valence-corrected chi connectivity index (χ4v) is 3.60. The molecular weight excluding hydrogens is 298 g/mol. The Bertz CT molecular complexity index is 449. The van der Waals surface area contributed by atoms with Crippen molar-refractivity contribution in [3.63, 3.8) is 0 Å². The maximum absolute atomic E-state index is 5.82. The number of unbranched alkanes of at least 4 members (excludes halogenated alkanes) is 2. The lowest BCUT2D eigenvalue weighted by Gasteiger charge is -2.36. The Morgan fingerprint density at radius 1 is 1.12 bits per heavy atom. The lowest BCUT2D eigenvalue weighted by atomic mass is 10.00. The van der Waals surface area contributed by atoms with Crippen molar-refractivity contribution in [2.45, 2.75) is 65.6 Å². The van der Waals surface area contributed by atoms with Crippen LogP contribution in [0.5, 0.6) is 5.75 Å². The van der Waals surface area contributed by atoms with Gasteiger partial charge >= 0.3 is 0 Å². The SMILES string of the molecule is CCCCCOc1ccc(CC(C)CN2CC(C)OC(C)C2)cc1. The van der Waals surface area contributed by atoms with Crippen LogP contribution >= 0.6 is 0 Å². The highest BCUT2D eigenvalue weighted by molar-refractivity contribution is 5.27. The molecular formula is C21H35NO2. The summed E-state index contributed by atoms with van der Waals surface area (Å²) in [6.07, 6.45) is 5.45. The zero-order chi connectivity index (χ0) is 17.4. The van der Waals surface area contributed by atoms with E-state index < -0.39 is 0 Å². The summed E-state index contributed by atoms with van der Waals surface area (Å²) in [5.74, 6) is 1.65. The molecule has 24 heavy (non-hydrogen) atoms. The van der Waals surface area contributed by atoms with Crippen molar-refractivity contribution in [3.8, 4) is 5.75 Å². The number of hydrogen-bond donors (Lipinski definition) is 0. The largest absolute Gasteiger partial charge is 0.494 e. The average molecular weight is 334 g/mol. The first-order valence-electron chi connectivity index (χ1n) is 9.66. The van der Waals surface area contributed by atoms with Gasteiger partial charge in [0, 0.05) is 19.6 Å². The standard InChI is InChI=1S/C21H35NO2/c1-5-6-7-12-23-21-10-8-20(9-11-21)13-17(2)14-22-15-18(3)24-19(4)16-22/h8-11,17-19H,5-7,12-16H2,1-4H3. The molecule has 1 aliphatic rings. The zero-order valence-corrected chi connectivity index (χ0v) is 16.0. The Morgan fingerprint density at radius 2 is 1.79 bits per heavy atom. The van der Waals surface area contributed by atoms with Gasteiger partial charge in [0.25, 0.3) is 0 Å². The molecule has 2 rings (SSSR count). The fraction of sp³-hybridized carbons (Fsp3) is 0.714. The highest BCUT2D eigenvalue weighted by atomic mass is 16.5. The average Bonchev–Trinajstić information content (AvgIpc) is 2.52. The van der Waals surface area contributed by atoms with E-state index in [-0.39, 0.29) is 0 Å². The van der Waals surface area contributed by atoms with Crippen molar-refractivity contribution in [1.29, 1.82) is 0 Å². The van der Waals surface area contributed by atoms with E-state index in [9.17, 15) is 0 Å². The summed E-state index contributed by atoms with van der Waals surface area (Å²) in [4.78, 5) is 2.55. The molecule has 1 heterocycles. The monoisotopic (exact) mass is 333 g/mol. The maximum Gasteiger partial charge on any atom is 0.119 e. The predicted molar refractivity (Wildman–Crippen MR) is 101 cm³/mol. The highest BCUT2D eigenvalue weighted by Gasteiger charge is 2.23. The highest BCUT2D eigenvalue weighted by Crippen LogP contribution is 2.18. The molecule has 1 aliphatic heterocycles. The second kappa shape index (κ2) is 10.0. The summed E-state index contributed by atoms with van der Waals surface area (Å²) in [5.41, 5.74) is 1.40. The number of morpholine rings is 1. The predicted octanol–water partition coefficient (Wildman–Crippen LogP) is 4.54. The molecule has 3 atom stereocenters. The number of benzene rings is 1. The van der Waals surface area contributed by atoms with E-state index in [0.29, 0.717) is 18.1 Å².